The molecule has 1 aliphatic rings. The third-order valence-corrected chi connectivity index (χ3v) is 5.14. The molecule has 6 nitrogen and oxygen atoms in total. The van der Waals surface area contributed by atoms with Crippen LogP contribution in [-0.2, 0) is 0 Å². The normalized spacial score (nSPS) is 14.2. The van der Waals surface area contributed by atoms with Crippen LogP contribution in [0.1, 0.15) is 0 Å². The second-order valence-electron chi connectivity index (χ2n) is 6.63. The average molecular weight is 397 g/mol. The van der Waals surface area contributed by atoms with Crippen molar-refractivity contribution >= 4 is 23.2 Å². The summed E-state index contributed by atoms with van der Waals surface area (Å²) < 4.78 is 5.22. The fourth-order valence-corrected chi connectivity index (χ4v) is 3.46. The summed E-state index contributed by atoms with van der Waals surface area (Å²) in [6, 6.07) is 16.9. The Morgan fingerprint density at radius 1 is 0.964 bits per heavy atom. The maximum atomic E-state index is 12.2. The number of rotatable bonds is 4. The topological polar surface area (TPSA) is 61.5 Å². The summed E-state index contributed by atoms with van der Waals surface area (Å²) in [6.45, 7) is 3.25. The summed E-state index contributed by atoms with van der Waals surface area (Å²) in [5, 5.41) is 0.656. The van der Waals surface area contributed by atoms with E-state index in [9.17, 15) is 4.79 Å². The zero-order valence-corrected chi connectivity index (χ0v) is 16.3. The van der Waals surface area contributed by atoms with E-state index in [-0.39, 0.29) is 5.56 Å². The van der Waals surface area contributed by atoms with Crippen molar-refractivity contribution in [2.45, 2.75) is 0 Å². The van der Waals surface area contributed by atoms with Crippen molar-refractivity contribution in [1.29, 1.82) is 0 Å². The molecule has 1 N–H and O–H groups in total. The molecule has 144 valence electrons. The largest absolute Gasteiger partial charge is 0.497 e. The van der Waals surface area contributed by atoms with Gasteiger partial charge in [-0.1, -0.05) is 23.7 Å². The average Bonchev–Trinajstić information content (AvgIpc) is 2.74. The highest BCUT2D eigenvalue weighted by Gasteiger charge is 2.20. The van der Waals surface area contributed by atoms with Gasteiger partial charge in [0, 0.05) is 48.5 Å². The third kappa shape index (κ3) is 3.97. The predicted molar refractivity (Wildman–Crippen MR) is 113 cm³/mol. The van der Waals surface area contributed by atoms with Crippen molar-refractivity contribution in [3.63, 3.8) is 0 Å². The number of piperazine rings is 1. The van der Waals surface area contributed by atoms with Gasteiger partial charge in [0.2, 0.25) is 5.95 Å². The molecule has 0 bridgehead atoms. The molecule has 0 unspecified atom stereocenters. The number of anilines is 2. The number of aromatic nitrogens is 2. The Hall–Kier alpha value is -2.99. The molecule has 1 fully saturated rings. The van der Waals surface area contributed by atoms with E-state index in [0.717, 1.165) is 43.2 Å². The molecular formula is C21H21ClN4O2. The minimum absolute atomic E-state index is 0.160. The highest BCUT2D eigenvalue weighted by atomic mass is 35.5. The number of hydrogen-bond donors (Lipinski definition) is 1. The molecule has 0 radical (unpaired) electrons. The Balaban J connectivity index is 1.49. The minimum atomic E-state index is -0.160. The smallest absolute Gasteiger partial charge is 0.252 e. The quantitative estimate of drug-likeness (QED) is 0.732. The van der Waals surface area contributed by atoms with Crippen molar-refractivity contribution in [2.75, 3.05) is 43.1 Å². The summed E-state index contributed by atoms with van der Waals surface area (Å²) in [6.07, 6.45) is 0. The molecule has 1 aliphatic heterocycles. The monoisotopic (exact) mass is 396 g/mol. The number of nitrogens with one attached hydrogen (secondary N) is 1. The molecular weight excluding hydrogens is 376 g/mol. The van der Waals surface area contributed by atoms with E-state index in [0.29, 0.717) is 16.7 Å². The molecule has 1 saturated heterocycles. The zero-order chi connectivity index (χ0) is 19.5. The lowest BCUT2D eigenvalue weighted by atomic mass is 10.1. The molecule has 0 atom stereocenters. The zero-order valence-electron chi connectivity index (χ0n) is 15.6. The molecule has 4 rings (SSSR count). The van der Waals surface area contributed by atoms with Crippen molar-refractivity contribution < 1.29 is 4.74 Å². The van der Waals surface area contributed by atoms with Gasteiger partial charge in [0.25, 0.3) is 5.56 Å². The first-order chi connectivity index (χ1) is 13.6. The predicted octanol–water partition coefficient (Wildman–Crippen LogP) is 3.43. The Labute approximate surface area is 168 Å². The van der Waals surface area contributed by atoms with Crippen LogP contribution in [0, 0.1) is 0 Å². The van der Waals surface area contributed by atoms with Gasteiger partial charge in [0.05, 0.1) is 12.8 Å². The number of aromatic amines is 1. The number of halogens is 1. The van der Waals surface area contributed by atoms with Crippen LogP contribution >= 0.6 is 11.6 Å². The van der Waals surface area contributed by atoms with Crippen LogP contribution < -0.4 is 20.1 Å². The summed E-state index contributed by atoms with van der Waals surface area (Å²) in [7, 11) is 1.67. The molecule has 0 amide bonds. The number of ether oxygens (including phenoxy) is 1. The highest BCUT2D eigenvalue weighted by molar-refractivity contribution is 6.30. The van der Waals surface area contributed by atoms with E-state index in [4.69, 9.17) is 16.3 Å². The van der Waals surface area contributed by atoms with E-state index in [1.165, 1.54) is 6.07 Å². The van der Waals surface area contributed by atoms with Gasteiger partial charge >= 0.3 is 0 Å². The Morgan fingerprint density at radius 2 is 1.61 bits per heavy atom. The summed E-state index contributed by atoms with van der Waals surface area (Å²) in [4.78, 5) is 24.1. The van der Waals surface area contributed by atoms with Crippen molar-refractivity contribution in [1.82, 2.24) is 9.97 Å². The lowest BCUT2D eigenvalue weighted by Gasteiger charge is -2.36. The van der Waals surface area contributed by atoms with Gasteiger partial charge in [0.15, 0.2) is 0 Å². The van der Waals surface area contributed by atoms with E-state index in [2.05, 4.69) is 31.9 Å². The lowest BCUT2D eigenvalue weighted by Crippen LogP contribution is -2.47. The van der Waals surface area contributed by atoms with Gasteiger partial charge in [-0.15, -0.1) is 0 Å². The number of methoxy groups -OCH3 is 1. The van der Waals surface area contributed by atoms with E-state index in [1.54, 1.807) is 19.2 Å². The maximum absolute atomic E-state index is 12.2. The van der Waals surface area contributed by atoms with E-state index in [1.807, 2.05) is 24.3 Å². The van der Waals surface area contributed by atoms with Crippen LogP contribution in [-0.4, -0.2) is 43.3 Å². The number of benzene rings is 2. The highest BCUT2D eigenvalue weighted by Crippen LogP contribution is 2.23. The molecule has 7 heteroatoms. The maximum Gasteiger partial charge on any atom is 0.252 e. The fourth-order valence-electron chi connectivity index (χ4n) is 3.33. The SMILES string of the molecule is COc1ccc(N2CCN(c3nc(-c4ccc(Cl)cc4)cc(=O)[nH]3)CC2)cc1. The van der Waals surface area contributed by atoms with Crippen LogP contribution in [0.3, 0.4) is 0 Å². The van der Waals surface area contributed by atoms with Crippen LogP contribution in [0.15, 0.2) is 59.4 Å². The van der Waals surface area contributed by atoms with Gasteiger partial charge in [-0.3, -0.25) is 9.78 Å². The van der Waals surface area contributed by atoms with Crippen molar-refractivity contribution in [2.24, 2.45) is 0 Å². The number of hydrogen-bond acceptors (Lipinski definition) is 5. The minimum Gasteiger partial charge on any atom is -0.497 e. The summed E-state index contributed by atoms with van der Waals surface area (Å²) in [5.74, 6) is 1.45. The van der Waals surface area contributed by atoms with Crippen LogP contribution in [0.5, 0.6) is 5.75 Å². The first-order valence-corrected chi connectivity index (χ1v) is 9.51. The molecule has 0 aliphatic carbocycles. The third-order valence-electron chi connectivity index (χ3n) is 4.89. The molecule has 3 aromatic rings. The Kier molecular flexibility index (Phi) is 5.21. The Morgan fingerprint density at radius 3 is 2.25 bits per heavy atom. The molecule has 0 saturated carbocycles. The van der Waals surface area contributed by atoms with Crippen LogP contribution in [0.25, 0.3) is 11.3 Å². The van der Waals surface area contributed by atoms with Crippen LogP contribution in [0.4, 0.5) is 11.6 Å². The van der Waals surface area contributed by atoms with E-state index >= 15 is 0 Å². The second kappa shape index (κ2) is 7.94. The number of H-pyrrole nitrogens is 1. The summed E-state index contributed by atoms with van der Waals surface area (Å²) >= 11 is 5.96. The lowest BCUT2D eigenvalue weighted by molar-refractivity contribution is 0.415. The van der Waals surface area contributed by atoms with Gasteiger partial charge in [-0.25, -0.2) is 4.98 Å². The van der Waals surface area contributed by atoms with Gasteiger partial charge < -0.3 is 14.5 Å². The van der Waals surface area contributed by atoms with Crippen molar-refractivity contribution in [3.8, 4) is 17.0 Å². The molecule has 28 heavy (non-hydrogen) atoms. The van der Waals surface area contributed by atoms with Gasteiger partial charge in [-0.2, -0.15) is 0 Å². The van der Waals surface area contributed by atoms with Gasteiger partial charge in [-0.05, 0) is 36.4 Å². The van der Waals surface area contributed by atoms with Gasteiger partial charge in [0.1, 0.15) is 5.75 Å². The van der Waals surface area contributed by atoms with E-state index < -0.39 is 0 Å². The molecule has 1 aromatic heterocycles. The number of nitrogens with zero attached hydrogens (tertiary/aromatic N) is 3. The van der Waals surface area contributed by atoms with Crippen LogP contribution in [0.2, 0.25) is 5.02 Å². The van der Waals surface area contributed by atoms with Crippen molar-refractivity contribution in [3.05, 3.63) is 70.0 Å². The second-order valence-corrected chi connectivity index (χ2v) is 7.07. The molecule has 2 aromatic carbocycles. The standard InChI is InChI=1S/C21H21ClN4O2/c1-28-18-8-6-17(7-9-18)25-10-12-26(13-11-25)21-23-19(14-20(27)24-21)15-2-4-16(22)5-3-15/h2-9,14H,10-13H2,1H3,(H,23,24,27). The first kappa shape index (κ1) is 18.4. The summed E-state index contributed by atoms with van der Waals surface area (Å²) in [5.41, 5.74) is 2.52. The molecule has 2 heterocycles. The Bertz CT molecular complexity index is 994. The molecule has 0 spiro atoms. The first-order valence-electron chi connectivity index (χ1n) is 9.13. The fraction of sp³-hybridized carbons (Fsp3) is 0.238.